The fourth-order valence-corrected chi connectivity index (χ4v) is 5.41. The van der Waals surface area contributed by atoms with Crippen LogP contribution in [0.25, 0.3) is 49.6 Å². The van der Waals surface area contributed by atoms with E-state index < -0.39 is 0 Å². The van der Waals surface area contributed by atoms with Crippen molar-refractivity contribution in [1.82, 2.24) is 4.40 Å². The van der Waals surface area contributed by atoms with E-state index in [4.69, 9.17) is 9.47 Å². The molecule has 7 rings (SSSR count). The van der Waals surface area contributed by atoms with Crippen molar-refractivity contribution in [2.45, 2.75) is 0 Å². The lowest BCUT2D eigenvalue weighted by Gasteiger charge is -2.12. The molecule has 182 valence electrons. The van der Waals surface area contributed by atoms with E-state index in [0.717, 1.165) is 49.9 Å². The van der Waals surface area contributed by atoms with Crippen LogP contribution in [0.5, 0.6) is 17.2 Å². The van der Waals surface area contributed by atoms with Crippen LogP contribution >= 0.6 is 0 Å². The van der Waals surface area contributed by atoms with Crippen molar-refractivity contribution in [1.29, 1.82) is 0 Å². The van der Waals surface area contributed by atoms with E-state index in [0.29, 0.717) is 16.9 Å². The third-order valence-electron chi connectivity index (χ3n) is 7.05. The molecule has 0 fully saturated rings. The fraction of sp³-hybridized carbons (Fsp3) is 0.0294. The molecule has 0 aliphatic rings. The van der Waals surface area contributed by atoms with Crippen LogP contribution in [-0.2, 0) is 0 Å². The minimum Gasteiger partial charge on any atom is -0.497 e. The molecule has 0 N–H and O–H groups in total. The molecule has 0 spiro atoms. The van der Waals surface area contributed by atoms with E-state index >= 15 is 0 Å². The van der Waals surface area contributed by atoms with Crippen molar-refractivity contribution in [3.63, 3.8) is 0 Å². The van der Waals surface area contributed by atoms with Crippen LogP contribution < -0.4 is 14.9 Å². The second-order valence-electron chi connectivity index (χ2n) is 9.29. The number of methoxy groups -OCH3 is 1. The molecule has 4 heteroatoms. The third kappa shape index (κ3) is 3.42. The number of hydrogen-bond donors (Lipinski definition) is 0. The molecule has 0 saturated carbocycles. The fourth-order valence-electron chi connectivity index (χ4n) is 5.41. The van der Waals surface area contributed by atoms with E-state index in [1.54, 1.807) is 7.11 Å². The number of para-hydroxylation sites is 1. The van der Waals surface area contributed by atoms with Gasteiger partial charge in [-0.15, -0.1) is 0 Å². The Kier molecular flexibility index (Phi) is 5.12. The number of pyridine rings is 1. The predicted molar refractivity (Wildman–Crippen MR) is 154 cm³/mol. The first-order valence-corrected chi connectivity index (χ1v) is 12.5. The number of fused-ring (bicyclic) bond motifs is 2. The van der Waals surface area contributed by atoms with Gasteiger partial charge in [0.2, 0.25) is 5.43 Å². The summed E-state index contributed by atoms with van der Waals surface area (Å²) in [5.41, 5.74) is 5.63. The lowest BCUT2D eigenvalue weighted by atomic mass is 9.97. The summed E-state index contributed by atoms with van der Waals surface area (Å²) in [4.78, 5) is 14.3. The van der Waals surface area contributed by atoms with Crippen molar-refractivity contribution in [2.24, 2.45) is 0 Å². The Bertz CT molecular complexity index is 1980. The van der Waals surface area contributed by atoms with Gasteiger partial charge in [-0.25, -0.2) is 0 Å². The van der Waals surface area contributed by atoms with Crippen LogP contribution in [0.4, 0.5) is 0 Å². The van der Waals surface area contributed by atoms with E-state index in [9.17, 15) is 4.79 Å². The van der Waals surface area contributed by atoms with Crippen molar-refractivity contribution < 1.29 is 9.47 Å². The van der Waals surface area contributed by atoms with Gasteiger partial charge in [-0.2, -0.15) is 0 Å². The Morgan fingerprint density at radius 3 is 1.97 bits per heavy atom. The number of benzene rings is 5. The summed E-state index contributed by atoms with van der Waals surface area (Å²) in [6.45, 7) is 0. The molecule has 2 heterocycles. The minimum absolute atomic E-state index is 0.132. The average Bonchev–Trinajstić information content (AvgIpc) is 3.34. The van der Waals surface area contributed by atoms with Crippen molar-refractivity contribution in [3.05, 3.63) is 132 Å². The molecule has 0 aliphatic carbocycles. The molecule has 0 aliphatic heterocycles. The van der Waals surface area contributed by atoms with Gasteiger partial charge >= 0.3 is 0 Å². The average molecular weight is 494 g/mol. The monoisotopic (exact) mass is 493 g/mol. The molecule has 7 aromatic rings. The zero-order valence-electron chi connectivity index (χ0n) is 20.7. The second-order valence-corrected chi connectivity index (χ2v) is 9.29. The maximum Gasteiger partial charge on any atom is 0.231 e. The summed E-state index contributed by atoms with van der Waals surface area (Å²) in [7, 11) is 1.67. The minimum atomic E-state index is -0.132. The summed E-state index contributed by atoms with van der Waals surface area (Å²) in [5.74, 6) is 1.70. The first kappa shape index (κ1) is 22.1. The highest BCUT2D eigenvalue weighted by Crippen LogP contribution is 2.44. The van der Waals surface area contributed by atoms with Gasteiger partial charge in [0, 0.05) is 16.3 Å². The highest BCUT2D eigenvalue weighted by atomic mass is 16.5. The molecule has 0 saturated heterocycles. The lowest BCUT2D eigenvalue weighted by Crippen LogP contribution is -2.06. The van der Waals surface area contributed by atoms with Gasteiger partial charge < -0.3 is 13.9 Å². The van der Waals surface area contributed by atoms with Crippen LogP contribution in [-0.4, -0.2) is 11.5 Å². The maximum atomic E-state index is 14.3. The smallest absolute Gasteiger partial charge is 0.231 e. The van der Waals surface area contributed by atoms with Gasteiger partial charge in [-0.1, -0.05) is 78.9 Å². The first-order valence-electron chi connectivity index (χ1n) is 12.5. The maximum absolute atomic E-state index is 14.3. The van der Waals surface area contributed by atoms with Crippen LogP contribution in [0, 0.1) is 0 Å². The van der Waals surface area contributed by atoms with Crippen LogP contribution in [0.15, 0.2) is 126 Å². The van der Waals surface area contributed by atoms with Crippen molar-refractivity contribution >= 4 is 27.2 Å². The first-order chi connectivity index (χ1) is 18.7. The number of nitrogens with zero attached hydrogens (tertiary/aromatic N) is 1. The normalized spacial score (nSPS) is 11.4. The summed E-state index contributed by atoms with van der Waals surface area (Å²) >= 11 is 0. The molecule has 2 aromatic heterocycles. The molecule has 5 aromatic carbocycles. The lowest BCUT2D eigenvalue weighted by molar-refractivity contribution is 0.415. The number of aromatic nitrogens is 1. The molecular weight excluding hydrogens is 470 g/mol. The molecular formula is C34H23NO3. The van der Waals surface area contributed by atoms with Crippen LogP contribution in [0.1, 0.15) is 0 Å². The van der Waals surface area contributed by atoms with E-state index in [2.05, 4.69) is 40.8 Å². The third-order valence-corrected chi connectivity index (χ3v) is 7.05. The largest absolute Gasteiger partial charge is 0.497 e. The van der Waals surface area contributed by atoms with Crippen LogP contribution in [0.2, 0.25) is 0 Å². The second kappa shape index (κ2) is 8.79. The molecule has 38 heavy (non-hydrogen) atoms. The zero-order valence-corrected chi connectivity index (χ0v) is 20.7. The Balaban J connectivity index is 1.70. The highest BCUT2D eigenvalue weighted by Gasteiger charge is 2.26. The molecule has 0 bridgehead atoms. The zero-order chi connectivity index (χ0) is 25.6. The molecule has 4 nitrogen and oxygen atoms in total. The van der Waals surface area contributed by atoms with Gasteiger partial charge in [-0.3, -0.25) is 4.79 Å². The van der Waals surface area contributed by atoms with Gasteiger partial charge in [0.05, 0.1) is 29.2 Å². The van der Waals surface area contributed by atoms with Crippen molar-refractivity contribution in [2.75, 3.05) is 7.11 Å². The highest BCUT2D eigenvalue weighted by molar-refractivity contribution is 6.14. The van der Waals surface area contributed by atoms with Gasteiger partial charge in [-0.05, 0) is 53.6 Å². The Hall–Kier alpha value is -5.09. The quantitative estimate of drug-likeness (QED) is 0.227. The SMILES string of the molecule is COc1ccc2c(c1)cc1cc(Oc3ccccc3)c(=O)c3c(-c4ccccc4)c(-c4ccccc4)n2c13. The van der Waals surface area contributed by atoms with E-state index in [1.165, 1.54) is 0 Å². The molecule has 0 unspecified atom stereocenters. The summed E-state index contributed by atoms with van der Waals surface area (Å²) in [6.07, 6.45) is 0. The summed E-state index contributed by atoms with van der Waals surface area (Å²) in [6, 6.07) is 39.9. The molecule has 0 amide bonds. The standard InChI is InChI=1S/C34H23NO3/c1-37-27-17-18-28-24(20-27)19-25-21-29(38-26-15-9-4-10-16-26)34(36)31-30(22-11-5-2-6-12-22)32(35(28)33(25)31)23-13-7-3-8-14-23/h2-21H,1H3. The Labute approximate surface area is 219 Å². The Morgan fingerprint density at radius 2 is 1.29 bits per heavy atom. The number of rotatable bonds is 5. The number of ether oxygens (including phenoxy) is 2. The molecule has 0 radical (unpaired) electrons. The summed E-state index contributed by atoms with van der Waals surface area (Å²) in [5, 5.41) is 2.58. The van der Waals surface area contributed by atoms with Gasteiger partial charge in [0.15, 0.2) is 5.75 Å². The van der Waals surface area contributed by atoms with Gasteiger partial charge in [0.25, 0.3) is 0 Å². The number of hydrogen-bond acceptors (Lipinski definition) is 3. The topological polar surface area (TPSA) is 39.9 Å². The van der Waals surface area contributed by atoms with Gasteiger partial charge in [0.1, 0.15) is 11.5 Å². The predicted octanol–water partition coefficient (Wildman–Crippen LogP) is 8.18. The van der Waals surface area contributed by atoms with Crippen molar-refractivity contribution in [3.8, 4) is 39.6 Å². The Morgan fingerprint density at radius 1 is 0.632 bits per heavy atom. The summed E-state index contributed by atoms with van der Waals surface area (Å²) < 4.78 is 14.0. The molecule has 0 atom stereocenters. The van der Waals surface area contributed by atoms with E-state index in [1.807, 2.05) is 84.9 Å². The van der Waals surface area contributed by atoms with Crippen LogP contribution in [0.3, 0.4) is 0 Å². The van der Waals surface area contributed by atoms with E-state index in [-0.39, 0.29) is 5.43 Å².